The summed E-state index contributed by atoms with van der Waals surface area (Å²) < 4.78 is 9.38. The fourth-order valence-electron chi connectivity index (χ4n) is 0.191. The summed E-state index contributed by atoms with van der Waals surface area (Å²) in [5, 5.41) is 0. The molecule has 0 saturated heterocycles. The maximum atomic E-state index is 4.89. The maximum absolute atomic E-state index is 4.89. The Morgan fingerprint density at radius 3 is 2.88 bits per heavy atom. The quantitative estimate of drug-likeness (QED) is 0.480. The molecule has 0 rings (SSSR count). The molecule has 0 N–H and O–H groups in total. The summed E-state index contributed by atoms with van der Waals surface area (Å²) in [6.45, 7) is 2.03. The van der Waals surface area contributed by atoms with Crippen LogP contribution in [0, 0.1) is 12.3 Å². The van der Waals surface area contributed by atoms with E-state index in [0.717, 1.165) is 0 Å². The van der Waals surface area contributed by atoms with Crippen molar-refractivity contribution in [1.29, 1.82) is 0 Å². The first-order valence-electron chi connectivity index (χ1n) is 2.13. The molecule has 0 fully saturated rings. The number of hydrogen-bond donors (Lipinski definition) is 0. The molecule has 0 aromatic carbocycles. The lowest BCUT2D eigenvalue weighted by atomic mass is 10.7. The topological polar surface area (TPSA) is 18.5 Å². The van der Waals surface area contributed by atoms with Gasteiger partial charge in [0.25, 0.3) is 0 Å². The first-order valence-corrected chi connectivity index (χ1v) is 2.78. The molecule has 0 aliphatic heterocycles. The largest absolute Gasteiger partial charge is 0.339 e. The van der Waals surface area contributed by atoms with Crippen LogP contribution in [0.5, 0.6) is 0 Å². The Morgan fingerprint density at radius 2 is 2.50 bits per heavy atom. The second kappa shape index (κ2) is 5.10. The Balaban J connectivity index is 3.01. The predicted octanol–water partition coefficient (Wildman–Crippen LogP) is 1.31. The minimum Gasteiger partial charge on any atom is -0.339 e. The molecule has 0 amide bonds. The standard InChI is InChI=1S/C5H7BrO2/c1-3-4-7-5(2)8-6/h1,5H,4H2,2H3. The zero-order chi connectivity index (χ0) is 6.41. The number of terminal acetylenes is 1. The zero-order valence-corrected chi connectivity index (χ0v) is 6.14. The van der Waals surface area contributed by atoms with Gasteiger partial charge in [-0.3, -0.25) is 3.83 Å². The van der Waals surface area contributed by atoms with Gasteiger partial charge >= 0.3 is 0 Å². The molecule has 0 aromatic rings. The minimum absolute atomic E-state index is 0.272. The van der Waals surface area contributed by atoms with Crippen molar-refractivity contribution in [3.63, 3.8) is 0 Å². The normalized spacial score (nSPS) is 12.6. The first kappa shape index (κ1) is 7.96. The van der Waals surface area contributed by atoms with Crippen molar-refractivity contribution in [2.45, 2.75) is 13.2 Å². The molecule has 0 bridgehead atoms. The Morgan fingerprint density at radius 1 is 1.88 bits per heavy atom. The molecule has 2 nitrogen and oxygen atoms in total. The van der Waals surface area contributed by atoms with Gasteiger partial charge in [0.15, 0.2) is 6.29 Å². The van der Waals surface area contributed by atoms with Crippen LogP contribution in [-0.2, 0) is 8.57 Å². The summed E-state index contributed by atoms with van der Waals surface area (Å²) in [4.78, 5) is 0. The smallest absolute Gasteiger partial charge is 0.169 e. The highest BCUT2D eigenvalue weighted by molar-refractivity contribution is 9.06. The molecule has 0 heterocycles. The summed E-state index contributed by atoms with van der Waals surface area (Å²) in [6.07, 6.45) is 4.61. The van der Waals surface area contributed by atoms with Crippen molar-refractivity contribution in [3.8, 4) is 12.3 Å². The van der Waals surface area contributed by atoms with Gasteiger partial charge in [-0.25, -0.2) is 0 Å². The third-order valence-corrected chi connectivity index (χ3v) is 1.05. The fourth-order valence-corrected chi connectivity index (χ4v) is 0.299. The van der Waals surface area contributed by atoms with E-state index < -0.39 is 0 Å². The second-order valence-electron chi connectivity index (χ2n) is 1.17. The van der Waals surface area contributed by atoms with E-state index in [0.29, 0.717) is 0 Å². The van der Waals surface area contributed by atoms with Crippen molar-refractivity contribution in [2.24, 2.45) is 0 Å². The molecule has 1 atom stereocenters. The summed E-state index contributed by atoms with van der Waals surface area (Å²) in [6, 6.07) is 0. The van der Waals surface area contributed by atoms with Gasteiger partial charge in [-0.05, 0) is 6.92 Å². The van der Waals surface area contributed by atoms with E-state index in [2.05, 4.69) is 26.0 Å². The molecule has 0 saturated carbocycles. The predicted molar refractivity (Wildman–Crippen MR) is 34.3 cm³/mol. The van der Waals surface area contributed by atoms with Crippen LogP contribution in [0.3, 0.4) is 0 Å². The highest BCUT2D eigenvalue weighted by atomic mass is 79.9. The number of ether oxygens (including phenoxy) is 1. The molecule has 0 radical (unpaired) electrons. The lowest BCUT2D eigenvalue weighted by Crippen LogP contribution is -2.06. The summed E-state index contributed by atoms with van der Waals surface area (Å²) in [7, 11) is 0. The van der Waals surface area contributed by atoms with Gasteiger partial charge in [0, 0.05) is 0 Å². The molecule has 0 aliphatic carbocycles. The van der Waals surface area contributed by atoms with E-state index in [1.807, 2.05) is 0 Å². The third-order valence-electron chi connectivity index (χ3n) is 0.527. The van der Waals surface area contributed by atoms with E-state index in [1.54, 1.807) is 6.92 Å². The lowest BCUT2D eigenvalue weighted by Gasteiger charge is -2.04. The Bertz CT molecular complexity index is 86.9. The fraction of sp³-hybridized carbons (Fsp3) is 0.600. The van der Waals surface area contributed by atoms with Crippen LogP contribution in [0.15, 0.2) is 0 Å². The minimum atomic E-state index is -0.272. The number of hydrogen-bond acceptors (Lipinski definition) is 2. The van der Waals surface area contributed by atoms with Gasteiger partial charge in [0.1, 0.15) is 22.9 Å². The molecular weight excluding hydrogens is 172 g/mol. The molecule has 0 aromatic heterocycles. The Labute approximate surface area is 57.6 Å². The molecule has 3 heteroatoms. The molecular formula is C5H7BrO2. The van der Waals surface area contributed by atoms with Gasteiger partial charge < -0.3 is 4.74 Å². The Hall–Kier alpha value is -0.0400. The van der Waals surface area contributed by atoms with Gasteiger partial charge in [0.05, 0.1) is 0 Å². The van der Waals surface area contributed by atoms with Crippen LogP contribution in [0.4, 0.5) is 0 Å². The highest BCUT2D eigenvalue weighted by Gasteiger charge is 1.94. The van der Waals surface area contributed by atoms with Gasteiger partial charge in [-0.2, -0.15) is 0 Å². The van der Waals surface area contributed by atoms with Crippen LogP contribution < -0.4 is 0 Å². The van der Waals surface area contributed by atoms with Crippen LogP contribution >= 0.6 is 16.3 Å². The van der Waals surface area contributed by atoms with Crippen LogP contribution in [0.1, 0.15) is 6.92 Å². The Kier molecular flexibility index (Phi) is 5.08. The average molecular weight is 179 g/mol. The van der Waals surface area contributed by atoms with Crippen molar-refractivity contribution in [2.75, 3.05) is 6.61 Å². The van der Waals surface area contributed by atoms with Gasteiger partial charge in [-0.15, -0.1) is 6.42 Å². The van der Waals surface area contributed by atoms with E-state index in [1.165, 1.54) is 0 Å². The molecule has 0 aliphatic rings. The first-order chi connectivity index (χ1) is 3.81. The van der Waals surface area contributed by atoms with Crippen LogP contribution in [-0.4, -0.2) is 12.9 Å². The summed E-state index contributed by atoms with van der Waals surface area (Å²) in [5.41, 5.74) is 0. The van der Waals surface area contributed by atoms with Crippen LogP contribution in [0.25, 0.3) is 0 Å². The molecule has 46 valence electrons. The van der Waals surface area contributed by atoms with Crippen molar-refractivity contribution in [1.82, 2.24) is 0 Å². The number of halogens is 1. The average Bonchev–Trinajstić information content (AvgIpc) is 1.83. The summed E-state index contributed by atoms with van der Waals surface area (Å²) in [5.74, 6) is 2.31. The maximum Gasteiger partial charge on any atom is 0.169 e. The third kappa shape index (κ3) is 4.13. The summed E-state index contributed by atoms with van der Waals surface area (Å²) >= 11 is 2.75. The highest BCUT2D eigenvalue weighted by Crippen LogP contribution is 1.96. The molecule has 0 spiro atoms. The second-order valence-corrected chi connectivity index (χ2v) is 1.55. The van der Waals surface area contributed by atoms with Crippen molar-refractivity contribution < 1.29 is 8.57 Å². The van der Waals surface area contributed by atoms with Crippen LogP contribution in [0.2, 0.25) is 0 Å². The van der Waals surface area contributed by atoms with E-state index >= 15 is 0 Å². The molecule has 1 unspecified atom stereocenters. The lowest BCUT2D eigenvalue weighted by molar-refractivity contribution is -0.0340. The van der Waals surface area contributed by atoms with E-state index in [9.17, 15) is 0 Å². The van der Waals surface area contributed by atoms with Crippen molar-refractivity contribution in [3.05, 3.63) is 0 Å². The van der Waals surface area contributed by atoms with Crippen molar-refractivity contribution >= 4 is 16.3 Å². The van der Waals surface area contributed by atoms with Gasteiger partial charge in [-0.1, -0.05) is 5.92 Å². The van der Waals surface area contributed by atoms with E-state index in [4.69, 9.17) is 11.2 Å². The SMILES string of the molecule is C#CCOC(C)OBr. The zero-order valence-electron chi connectivity index (χ0n) is 4.56. The number of rotatable bonds is 3. The molecule has 8 heavy (non-hydrogen) atoms. The van der Waals surface area contributed by atoms with Gasteiger partial charge in [0.2, 0.25) is 0 Å². The van der Waals surface area contributed by atoms with E-state index in [-0.39, 0.29) is 12.9 Å². The monoisotopic (exact) mass is 178 g/mol.